The summed E-state index contributed by atoms with van der Waals surface area (Å²) in [6.45, 7) is 3.24. The zero-order valence-electron chi connectivity index (χ0n) is 12.6. The number of ether oxygens (including phenoxy) is 1. The van der Waals surface area contributed by atoms with Crippen molar-refractivity contribution >= 4 is 16.1 Å². The van der Waals surface area contributed by atoms with Gasteiger partial charge in [0.25, 0.3) is 10.1 Å². The summed E-state index contributed by atoms with van der Waals surface area (Å²) in [6, 6.07) is 5.20. The van der Waals surface area contributed by atoms with Gasteiger partial charge in [0.15, 0.2) is 6.10 Å². The van der Waals surface area contributed by atoms with Crippen LogP contribution in [-0.2, 0) is 23.8 Å². The Balaban J connectivity index is 2.88. The van der Waals surface area contributed by atoms with Gasteiger partial charge in [0, 0.05) is 6.42 Å². The van der Waals surface area contributed by atoms with Gasteiger partial charge in [0.2, 0.25) is 0 Å². The molecule has 9 heteroatoms. The SMILES string of the molecule is CCOC(=O)CCC(OS(=O)(=O)c1ccc(C)cc1)C(F)(F)F. The number of esters is 1. The Morgan fingerprint density at radius 1 is 1.22 bits per heavy atom. The van der Waals surface area contributed by atoms with Crippen LogP contribution in [0.15, 0.2) is 29.2 Å². The zero-order valence-corrected chi connectivity index (χ0v) is 13.4. The van der Waals surface area contributed by atoms with Crippen LogP contribution in [0.3, 0.4) is 0 Å². The van der Waals surface area contributed by atoms with Crippen LogP contribution in [0.5, 0.6) is 0 Å². The molecule has 0 heterocycles. The van der Waals surface area contributed by atoms with E-state index in [0.717, 1.165) is 17.7 Å². The van der Waals surface area contributed by atoms with E-state index in [2.05, 4.69) is 8.92 Å². The van der Waals surface area contributed by atoms with Crippen molar-refractivity contribution in [2.24, 2.45) is 0 Å². The Hall–Kier alpha value is -1.61. The second kappa shape index (κ2) is 7.78. The third-order valence-corrected chi connectivity index (χ3v) is 4.17. The molecule has 23 heavy (non-hydrogen) atoms. The summed E-state index contributed by atoms with van der Waals surface area (Å²) in [7, 11) is -4.59. The summed E-state index contributed by atoms with van der Waals surface area (Å²) in [5, 5.41) is 0. The van der Waals surface area contributed by atoms with E-state index in [1.807, 2.05) is 0 Å². The number of hydrogen-bond acceptors (Lipinski definition) is 5. The van der Waals surface area contributed by atoms with Crippen molar-refractivity contribution in [2.45, 2.75) is 43.9 Å². The lowest BCUT2D eigenvalue weighted by atomic mass is 10.2. The summed E-state index contributed by atoms with van der Waals surface area (Å²) < 4.78 is 71.5. The Bertz CT molecular complexity index is 623. The minimum atomic E-state index is -4.93. The third-order valence-electron chi connectivity index (χ3n) is 2.83. The molecule has 0 bridgehead atoms. The highest BCUT2D eigenvalue weighted by molar-refractivity contribution is 7.86. The largest absolute Gasteiger partial charge is 0.466 e. The van der Waals surface area contributed by atoms with Crippen LogP contribution in [0.1, 0.15) is 25.3 Å². The average molecular weight is 354 g/mol. The van der Waals surface area contributed by atoms with Gasteiger partial charge in [-0.25, -0.2) is 0 Å². The molecule has 0 saturated carbocycles. The first-order chi connectivity index (χ1) is 10.6. The molecule has 0 saturated heterocycles. The fourth-order valence-electron chi connectivity index (χ4n) is 1.66. The molecule has 0 radical (unpaired) electrons. The molecule has 0 fully saturated rings. The van der Waals surface area contributed by atoms with Crippen LogP contribution in [0, 0.1) is 6.92 Å². The Labute approximate surface area is 132 Å². The molecule has 0 amide bonds. The van der Waals surface area contributed by atoms with E-state index in [0.29, 0.717) is 0 Å². The first-order valence-corrected chi connectivity index (χ1v) is 8.19. The number of carbonyl (C=O) groups is 1. The number of aryl methyl sites for hydroxylation is 1. The highest BCUT2D eigenvalue weighted by Crippen LogP contribution is 2.29. The number of alkyl halides is 3. The number of benzene rings is 1. The van der Waals surface area contributed by atoms with Crippen LogP contribution in [0.2, 0.25) is 0 Å². The number of carbonyl (C=O) groups excluding carboxylic acids is 1. The zero-order chi connectivity index (χ0) is 17.7. The molecule has 1 aromatic rings. The topological polar surface area (TPSA) is 69.7 Å². The maximum absolute atomic E-state index is 12.9. The Morgan fingerprint density at radius 2 is 1.78 bits per heavy atom. The van der Waals surface area contributed by atoms with Gasteiger partial charge in [0.05, 0.1) is 11.5 Å². The second-order valence-corrected chi connectivity index (χ2v) is 6.31. The average Bonchev–Trinajstić information content (AvgIpc) is 2.43. The van der Waals surface area contributed by atoms with Crippen molar-refractivity contribution in [1.29, 1.82) is 0 Å². The number of halogens is 3. The lowest BCUT2D eigenvalue weighted by Gasteiger charge is -2.20. The standard InChI is InChI=1S/C14H17F3O5S/c1-3-21-13(18)9-8-12(14(15,16)17)22-23(19,20)11-6-4-10(2)5-7-11/h4-7,12H,3,8-9H2,1-2H3. The van der Waals surface area contributed by atoms with Gasteiger partial charge >= 0.3 is 12.1 Å². The Kier molecular flexibility index (Phi) is 6.57. The van der Waals surface area contributed by atoms with Crippen molar-refractivity contribution in [3.05, 3.63) is 29.8 Å². The van der Waals surface area contributed by atoms with Gasteiger partial charge in [-0.05, 0) is 32.4 Å². The monoisotopic (exact) mass is 354 g/mol. The molecule has 0 N–H and O–H groups in total. The van der Waals surface area contributed by atoms with E-state index >= 15 is 0 Å². The molecule has 0 aliphatic heterocycles. The smallest absolute Gasteiger partial charge is 0.416 e. The van der Waals surface area contributed by atoms with Gasteiger partial charge in [-0.3, -0.25) is 8.98 Å². The first kappa shape index (κ1) is 19.4. The van der Waals surface area contributed by atoms with Crippen LogP contribution in [0.25, 0.3) is 0 Å². The summed E-state index contributed by atoms with van der Waals surface area (Å²) >= 11 is 0. The molecular weight excluding hydrogens is 337 g/mol. The Morgan fingerprint density at radius 3 is 2.26 bits per heavy atom. The lowest BCUT2D eigenvalue weighted by Crippen LogP contribution is -2.34. The van der Waals surface area contributed by atoms with Gasteiger partial charge < -0.3 is 4.74 Å². The summed E-state index contributed by atoms with van der Waals surface area (Å²) in [4.78, 5) is 10.8. The van der Waals surface area contributed by atoms with E-state index in [1.165, 1.54) is 19.1 Å². The molecule has 1 atom stereocenters. The lowest BCUT2D eigenvalue weighted by molar-refractivity contribution is -0.196. The molecule has 0 aliphatic rings. The molecule has 0 aliphatic carbocycles. The normalized spacial score (nSPS) is 13.6. The predicted molar refractivity (Wildman–Crippen MR) is 75.2 cm³/mol. The van der Waals surface area contributed by atoms with Crippen molar-refractivity contribution in [3.63, 3.8) is 0 Å². The van der Waals surface area contributed by atoms with Crippen molar-refractivity contribution in [3.8, 4) is 0 Å². The van der Waals surface area contributed by atoms with E-state index in [9.17, 15) is 26.4 Å². The van der Waals surface area contributed by atoms with Crippen LogP contribution >= 0.6 is 0 Å². The van der Waals surface area contributed by atoms with Gasteiger partial charge in [-0.2, -0.15) is 21.6 Å². The van der Waals surface area contributed by atoms with E-state index in [-0.39, 0.29) is 11.5 Å². The van der Waals surface area contributed by atoms with Crippen LogP contribution < -0.4 is 0 Å². The maximum Gasteiger partial charge on any atom is 0.416 e. The molecule has 130 valence electrons. The molecular formula is C14H17F3O5S. The van der Waals surface area contributed by atoms with Crippen molar-refractivity contribution in [2.75, 3.05) is 6.61 Å². The van der Waals surface area contributed by atoms with Crippen molar-refractivity contribution in [1.82, 2.24) is 0 Å². The number of hydrogen-bond donors (Lipinski definition) is 0. The first-order valence-electron chi connectivity index (χ1n) is 6.78. The fraction of sp³-hybridized carbons (Fsp3) is 0.500. The van der Waals surface area contributed by atoms with E-state index in [1.54, 1.807) is 6.92 Å². The quantitative estimate of drug-likeness (QED) is 0.556. The maximum atomic E-state index is 12.9. The highest BCUT2D eigenvalue weighted by Gasteiger charge is 2.44. The van der Waals surface area contributed by atoms with E-state index in [4.69, 9.17) is 0 Å². The third kappa shape index (κ3) is 6.19. The molecule has 1 unspecified atom stereocenters. The molecule has 5 nitrogen and oxygen atoms in total. The minimum absolute atomic E-state index is 0.0258. The van der Waals surface area contributed by atoms with Gasteiger partial charge in [0.1, 0.15) is 0 Å². The second-order valence-electron chi connectivity index (χ2n) is 4.74. The van der Waals surface area contributed by atoms with Gasteiger partial charge in [-0.1, -0.05) is 17.7 Å². The summed E-state index contributed by atoms with van der Waals surface area (Å²) in [5.74, 6) is -0.849. The van der Waals surface area contributed by atoms with Gasteiger partial charge in [-0.15, -0.1) is 0 Å². The minimum Gasteiger partial charge on any atom is -0.466 e. The van der Waals surface area contributed by atoms with E-state index < -0.39 is 41.2 Å². The number of rotatable bonds is 7. The molecule has 0 spiro atoms. The molecule has 1 aromatic carbocycles. The van der Waals surface area contributed by atoms with Crippen LogP contribution in [0.4, 0.5) is 13.2 Å². The highest BCUT2D eigenvalue weighted by atomic mass is 32.2. The van der Waals surface area contributed by atoms with Crippen molar-refractivity contribution < 1.29 is 35.3 Å². The summed E-state index contributed by atoms with van der Waals surface area (Å²) in [5.41, 5.74) is 0.749. The summed E-state index contributed by atoms with van der Waals surface area (Å²) in [6.07, 6.45) is -8.97. The molecule has 1 rings (SSSR count). The fourth-order valence-corrected chi connectivity index (χ4v) is 2.75. The van der Waals surface area contributed by atoms with Crippen LogP contribution in [-0.4, -0.2) is 33.3 Å². The molecule has 0 aromatic heterocycles. The predicted octanol–water partition coefficient (Wildman–Crippen LogP) is 2.97.